The minimum absolute atomic E-state index is 0.112. The lowest BCUT2D eigenvalue weighted by molar-refractivity contribution is 0.660. The summed E-state index contributed by atoms with van der Waals surface area (Å²) in [5.41, 5.74) is 31.1. The highest BCUT2D eigenvalue weighted by molar-refractivity contribution is 6.22. The minimum Gasteiger partial charge on any atom is -0.314 e. The maximum atomic E-state index is 5.43. The minimum atomic E-state index is -0.112. The Balaban J connectivity index is 0.000000140. The molecule has 540 valence electrons. The zero-order chi connectivity index (χ0) is 76.2. The van der Waals surface area contributed by atoms with Crippen molar-refractivity contribution < 1.29 is 0 Å². The second-order valence-electron chi connectivity index (χ2n) is 30.3. The fraction of sp³-hybridized carbons (Fsp3) is 0.0283. The zero-order valence-corrected chi connectivity index (χ0v) is 63.1. The van der Waals surface area contributed by atoms with Crippen LogP contribution in [0.15, 0.2) is 395 Å². The zero-order valence-electron chi connectivity index (χ0n) is 63.1. The molecule has 7 aromatic heterocycles. The van der Waals surface area contributed by atoms with Crippen molar-refractivity contribution in [3.8, 4) is 113 Å². The van der Waals surface area contributed by atoms with Gasteiger partial charge in [0, 0.05) is 129 Å². The van der Waals surface area contributed by atoms with Crippen LogP contribution < -0.4 is 0 Å². The van der Waals surface area contributed by atoms with Gasteiger partial charge in [-0.25, -0.2) is 19.9 Å². The molecule has 0 atom stereocenters. The summed E-state index contributed by atoms with van der Waals surface area (Å²) in [6.45, 7) is 4.66. The number of nitrogens with zero attached hydrogens (tertiary/aromatic N) is 9. The van der Waals surface area contributed by atoms with Crippen molar-refractivity contribution in [1.29, 1.82) is 0 Å². The quantitative estimate of drug-likeness (QED) is 0.129. The fourth-order valence-corrected chi connectivity index (χ4v) is 17.9. The number of rotatable bonds is 11. The van der Waals surface area contributed by atoms with Gasteiger partial charge in [-0.3, -0.25) is 4.98 Å². The number of fused-ring (bicyclic) bond motifs is 15. The summed E-state index contributed by atoms with van der Waals surface area (Å²) in [6.07, 6.45) is 6.42. The predicted molar refractivity (Wildman–Crippen MR) is 475 cm³/mol. The van der Waals surface area contributed by atoms with E-state index in [1.165, 1.54) is 71.6 Å². The molecule has 7 heterocycles. The van der Waals surface area contributed by atoms with Crippen LogP contribution in [0.3, 0.4) is 0 Å². The molecule has 0 bridgehead atoms. The number of hydrogen-bond acceptors (Lipinski definition) is 5. The molecule has 0 amide bonds. The van der Waals surface area contributed by atoms with E-state index in [1.54, 1.807) is 0 Å². The van der Waals surface area contributed by atoms with Crippen LogP contribution in [0.2, 0.25) is 0 Å². The maximum Gasteiger partial charge on any atom is 0.160 e. The number of para-hydroxylation sites is 6. The van der Waals surface area contributed by atoms with E-state index in [2.05, 4.69) is 401 Å². The summed E-state index contributed by atoms with van der Waals surface area (Å²) in [7, 11) is 0. The van der Waals surface area contributed by atoms with Gasteiger partial charge in [-0.1, -0.05) is 275 Å². The van der Waals surface area contributed by atoms with Crippen molar-refractivity contribution >= 4 is 87.2 Å². The predicted octanol–water partition coefficient (Wildman–Crippen LogP) is 26.7. The van der Waals surface area contributed by atoms with Gasteiger partial charge in [0.05, 0.1) is 61.2 Å². The Morgan fingerprint density at radius 3 is 1.14 bits per heavy atom. The van der Waals surface area contributed by atoms with E-state index in [0.29, 0.717) is 11.6 Å². The first-order chi connectivity index (χ1) is 56.8. The second-order valence-corrected chi connectivity index (χ2v) is 30.3. The third-order valence-electron chi connectivity index (χ3n) is 23.3. The van der Waals surface area contributed by atoms with Crippen molar-refractivity contribution in [3.63, 3.8) is 0 Å². The molecule has 9 nitrogen and oxygen atoms in total. The van der Waals surface area contributed by atoms with Gasteiger partial charge in [-0.15, -0.1) is 0 Å². The van der Waals surface area contributed by atoms with Crippen LogP contribution >= 0.6 is 0 Å². The Kier molecular flexibility index (Phi) is 15.7. The summed E-state index contributed by atoms with van der Waals surface area (Å²) in [4.78, 5) is 25.7. The molecule has 0 radical (unpaired) electrons. The third-order valence-corrected chi connectivity index (χ3v) is 23.3. The van der Waals surface area contributed by atoms with Gasteiger partial charge >= 0.3 is 0 Å². The fourth-order valence-electron chi connectivity index (χ4n) is 17.9. The molecular weight excluding hydrogens is 1400 g/mol. The average molecular weight is 1470 g/mol. The van der Waals surface area contributed by atoms with Crippen LogP contribution in [0.4, 0.5) is 0 Å². The third kappa shape index (κ3) is 11.1. The van der Waals surface area contributed by atoms with E-state index in [4.69, 9.17) is 19.9 Å². The summed E-state index contributed by atoms with van der Waals surface area (Å²) in [5.74, 6) is 1.40. The molecule has 115 heavy (non-hydrogen) atoms. The van der Waals surface area contributed by atoms with Gasteiger partial charge in [0.15, 0.2) is 11.6 Å². The van der Waals surface area contributed by atoms with Crippen molar-refractivity contribution in [3.05, 3.63) is 406 Å². The number of aromatic nitrogens is 9. The smallest absolute Gasteiger partial charge is 0.160 e. The van der Waals surface area contributed by atoms with Crippen LogP contribution in [-0.2, 0) is 5.41 Å². The van der Waals surface area contributed by atoms with Crippen LogP contribution in [-0.4, -0.2) is 43.2 Å². The van der Waals surface area contributed by atoms with Crippen LogP contribution in [0, 0.1) is 0 Å². The highest BCUT2D eigenvalue weighted by atomic mass is 15.1. The molecule has 9 heteroatoms. The topological polar surface area (TPSA) is 84.2 Å². The van der Waals surface area contributed by atoms with Gasteiger partial charge in [0.1, 0.15) is 0 Å². The second kappa shape index (κ2) is 27.1. The Bertz CT molecular complexity index is 7560. The summed E-state index contributed by atoms with van der Waals surface area (Å²) < 4.78 is 9.58. The van der Waals surface area contributed by atoms with Gasteiger partial charge < -0.3 is 18.3 Å². The lowest BCUT2D eigenvalue weighted by Crippen LogP contribution is -2.14. The molecule has 23 rings (SSSR count). The highest BCUT2D eigenvalue weighted by Crippen LogP contribution is 2.51. The molecular formula is C106H71N9. The van der Waals surface area contributed by atoms with Crippen molar-refractivity contribution in [2.45, 2.75) is 19.3 Å². The molecule has 0 unspecified atom stereocenters. The van der Waals surface area contributed by atoms with Crippen molar-refractivity contribution in [2.24, 2.45) is 0 Å². The van der Waals surface area contributed by atoms with E-state index in [9.17, 15) is 0 Å². The van der Waals surface area contributed by atoms with Gasteiger partial charge in [-0.05, 0) is 149 Å². The highest BCUT2D eigenvalue weighted by Gasteiger charge is 2.36. The molecule has 1 aliphatic rings. The van der Waals surface area contributed by atoms with E-state index < -0.39 is 0 Å². The summed E-state index contributed by atoms with van der Waals surface area (Å²) in [6, 6.07) is 134. The first kappa shape index (κ1) is 66.8. The lowest BCUT2D eigenvalue weighted by atomic mass is 9.82. The van der Waals surface area contributed by atoms with E-state index in [0.717, 1.165) is 128 Å². The van der Waals surface area contributed by atoms with Gasteiger partial charge in [-0.2, -0.15) is 0 Å². The van der Waals surface area contributed by atoms with E-state index >= 15 is 0 Å². The van der Waals surface area contributed by atoms with Crippen LogP contribution in [0.25, 0.3) is 200 Å². The Hall–Kier alpha value is -15.2. The molecule has 0 fully saturated rings. The molecule has 1 aliphatic carbocycles. The number of hydrogen-bond donors (Lipinski definition) is 0. The normalized spacial score (nSPS) is 12.3. The van der Waals surface area contributed by atoms with E-state index in [-0.39, 0.29) is 5.41 Å². The van der Waals surface area contributed by atoms with Crippen LogP contribution in [0.5, 0.6) is 0 Å². The number of pyridine rings is 1. The molecule has 0 N–H and O–H groups in total. The molecule has 0 saturated carbocycles. The summed E-state index contributed by atoms with van der Waals surface area (Å²) >= 11 is 0. The maximum absolute atomic E-state index is 5.43. The number of benzene rings is 15. The molecule has 15 aromatic carbocycles. The van der Waals surface area contributed by atoms with Crippen molar-refractivity contribution in [1.82, 2.24) is 43.2 Å². The van der Waals surface area contributed by atoms with Gasteiger partial charge in [0.25, 0.3) is 0 Å². The van der Waals surface area contributed by atoms with E-state index in [1.807, 2.05) is 30.5 Å². The Morgan fingerprint density at radius 1 is 0.243 bits per heavy atom. The van der Waals surface area contributed by atoms with Gasteiger partial charge in [0.2, 0.25) is 0 Å². The average Bonchev–Trinajstić information content (AvgIpc) is 1.56. The lowest BCUT2D eigenvalue weighted by Gasteiger charge is -2.22. The first-order valence-electron chi connectivity index (χ1n) is 39.2. The van der Waals surface area contributed by atoms with Crippen molar-refractivity contribution in [2.75, 3.05) is 0 Å². The molecule has 22 aromatic rings. The van der Waals surface area contributed by atoms with Crippen LogP contribution in [0.1, 0.15) is 25.0 Å². The molecule has 0 spiro atoms. The molecule has 0 saturated heterocycles. The summed E-state index contributed by atoms with van der Waals surface area (Å²) in [5, 5.41) is 9.10. The Labute approximate surface area is 663 Å². The monoisotopic (exact) mass is 1470 g/mol. The standard InChI is InChI=1S/C55H38N4.C51H33N5/c1-55(2)47-24-14-12-22-40(47)41-28-26-36(33-48(41)55)51-44-23-13-15-25-49(44)56-54(57-51)37-27-31-50-45(32-37)42-29-30-43-46(35-16-6-3-7-17-35)34-58(38-18-8-4-9-19-38)52(43)53(42)59(50)39-20-10-5-11-21-39;1-4-14-34(15-5-1)44-33-55(38-16-6-2-7-17-38)49-41(44)29-28-40-43-32-37(27-30-47(43)56(50(40)49)39-18-8-3-9-19-39)51-53-46-22-11-10-20-42(46)48(54-51)36-25-23-35(24-26-36)45-21-12-13-31-52-45/h3-34H,1-2H3;1-33H. The Morgan fingerprint density at radius 2 is 0.643 bits per heavy atom. The SMILES string of the molecule is CC1(C)c2ccccc2-c2ccc(-c3nc(-c4ccc5c(c4)c4ccc6c(-c7ccccc7)cn(-c7ccccc7)c6c4n5-c4ccccc4)nc4ccccc34)cc21.c1ccc(-c2cn(-c3ccccc3)c3c2ccc2c4cc(-c5nc(-c6ccc(-c7ccccn7)cc6)c6ccccc6n5)ccc4n(-c4ccccc4)c23)cc1. The first-order valence-corrected chi connectivity index (χ1v) is 39.2. The largest absolute Gasteiger partial charge is 0.314 e. The molecule has 0 aliphatic heterocycles.